The molecule has 3 atom stereocenters. The molecule has 2 aliphatic carbocycles. The maximum Gasteiger partial charge on any atom is 0.255 e. The molecule has 0 saturated carbocycles. The van der Waals surface area contributed by atoms with Gasteiger partial charge in [-0.3, -0.25) is 14.4 Å². The Balaban J connectivity index is 1.74. The lowest BCUT2D eigenvalue weighted by molar-refractivity contribution is -0.124. The highest BCUT2D eigenvalue weighted by molar-refractivity contribution is 6.19. The molecular weight excluding hydrogens is 504 g/mol. The first-order chi connectivity index (χ1) is 18.4. The van der Waals surface area contributed by atoms with Gasteiger partial charge in [0.2, 0.25) is 0 Å². The summed E-state index contributed by atoms with van der Waals surface area (Å²) in [5.74, 6) is -4.44. The third-order valence-electron chi connectivity index (χ3n) is 7.34. The molecule has 0 spiro atoms. The van der Waals surface area contributed by atoms with Crippen LogP contribution in [0.1, 0.15) is 36.5 Å². The Hall–Kier alpha value is -4.38. The van der Waals surface area contributed by atoms with Crippen LogP contribution in [0.2, 0.25) is 0 Å². The van der Waals surface area contributed by atoms with Crippen molar-refractivity contribution in [2.75, 3.05) is 24.3 Å². The van der Waals surface area contributed by atoms with Crippen LogP contribution < -0.4 is 16.0 Å². The summed E-state index contributed by atoms with van der Waals surface area (Å²) in [6.45, 7) is 1.50. The summed E-state index contributed by atoms with van der Waals surface area (Å²) in [5.41, 5.74) is 6.57. The highest BCUT2D eigenvalue weighted by Crippen LogP contribution is 2.47. The van der Waals surface area contributed by atoms with E-state index in [9.17, 15) is 34.8 Å². The molecule has 11 nitrogen and oxygen atoms in total. The third-order valence-corrected chi connectivity index (χ3v) is 7.34. The Morgan fingerprint density at radius 2 is 1.90 bits per heavy atom. The first-order valence-electron chi connectivity index (χ1n) is 12.5. The quantitative estimate of drug-likeness (QED) is 0.273. The van der Waals surface area contributed by atoms with Crippen LogP contribution in [0.3, 0.4) is 0 Å². The van der Waals surface area contributed by atoms with Gasteiger partial charge in [-0.2, -0.15) is 0 Å². The van der Waals surface area contributed by atoms with Gasteiger partial charge in [-0.05, 0) is 55.4 Å². The predicted octanol–water partition coefficient (Wildman–Crippen LogP) is 2.13. The standard InChI is InChI=1S/C28H32N4O7/c1-13(33)21-14(8-15-11-19(34)23(28(29)39)27(38)25(15)36)9-17-18(32(2)3)10-16(24(35)22(17)26(21)37)12-31-20-6-4-5-7-30-20/h4-7,10,14-15,25,35-38H,8-9,11-12H2,1-3H3,(H2,29,39)(H,30,31)/t14-,15+,25-/m1/s1. The van der Waals surface area contributed by atoms with Gasteiger partial charge in [-0.15, -0.1) is 0 Å². The number of nitrogens with two attached hydrogens (primary N) is 1. The first kappa shape index (κ1) is 27.6. The fraction of sp³-hybridized carbons (Fsp3) is 0.357. The summed E-state index contributed by atoms with van der Waals surface area (Å²) < 4.78 is 0. The summed E-state index contributed by atoms with van der Waals surface area (Å²) in [6, 6.07) is 7.18. The number of anilines is 2. The number of hydrogen-bond acceptors (Lipinski definition) is 10. The van der Waals surface area contributed by atoms with E-state index in [0.29, 0.717) is 22.6 Å². The second-order valence-electron chi connectivity index (χ2n) is 10.1. The molecule has 0 aliphatic heterocycles. The molecule has 206 valence electrons. The van der Waals surface area contributed by atoms with Crippen molar-refractivity contribution in [3.63, 3.8) is 0 Å². The van der Waals surface area contributed by atoms with E-state index in [2.05, 4.69) is 10.3 Å². The van der Waals surface area contributed by atoms with Gasteiger partial charge in [-0.25, -0.2) is 4.98 Å². The molecule has 11 heteroatoms. The number of ketones is 2. The average molecular weight is 537 g/mol. The number of carbonyl (C=O) groups is 3. The van der Waals surface area contributed by atoms with Crippen molar-refractivity contribution < 1.29 is 34.8 Å². The van der Waals surface area contributed by atoms with Crippen LogP contribution in [0.5, 0.6) is 5.75 Å². The number of Topliss-reactive ketones (excluding diaryl/α,β-unsaturated/α-hetero) is 2. The molecule has 0 unspecified atom stereocenters. The zero-order chi connectivity index (χ0) is 28.6. The Morgan fingerprint density at radius 3 is 2.49 bits per heavy atom. The molecule has 0 saturated heterocycles. The van der Waals surface area contributed by atoms with E-state index in [1.54, 1.807) is 24.4 Å². The Labute approximate surface area is 225 Å². The SMILES string of the molecule is CC(=O)C1=C(O)c2c(O)c(CNc3ccccn3)cc(N(C)C)c2C[C@H]1C[C@H]1CC(=O)C(C(N)=O)=C(O)[C@@H]1O. The second kappa shape index (κ2) is 10.8. The zero-order valence-corrected chi connectivity index (χ0v) is 21.9. The van der Waals surface area contributed by atoms with Gasteiger partial charge in [0.15, 0.2) is 11.6 Å². The molecule has 2 aromatic rings. The third kappa shape index (κ3) is 5.17. The van der Waals surface area contributed by atoms with Gasteiger partial charge in [0.05, 0.1) is 5.56 Å². The van der Waals surface area contributed by atoms with Crippen molar-refractivity contribution in [1.82, 2.24) is 4.98 Å². The van der Waals surface area contributed by atoms with Crippen LogP contribution in [-0.4, -0.2) is 63.1 Å². The second-order valence-corrected chi connectivity index (χ2v) is 10.1. The average Bonchev–Trinajstić information content (AvgIpc) is 2.86. The molecule has 1 heterocycles. The molecule has 0 radical (unpaired) electrons. The highest BCUT2D eigenvalue weighted by atomic mass is 16.3. The van der Waals surface area contributed by atoms with Crippen LogP contribution in [0.4, 0.5) is 11.5 Å². The van der Waals surface area contributed by atoms with E-state index in [0.717, 1.165) is 0 Å². The van der Waals surface area contributed by atoms with Crippen molar-refractivity contribution >= 4 is 34.7 Å². The number of carbonyl (C=O) groups excluding carboxylic acids is 3. The number of phenolic OH excluding ortho intramolecular Hbond substituents is 1. The first-order valence-corrected chi connectivity index (χ1v) is 12.5. The van der Waals surface area contributed by atoms with E-state index in [-0.39, 0.29) is 48.5 Å². The largest absolute Gasteiger partial charge is 0.509 e. The summed E-state index contributed by atoms with van der Waals surface area (Å²) in [4.78, 5) is 42.9. The molecule has 7 N–H and O–H groups in total. The molecular formula is C28H32N4O7. The molecule has 4 rings (SSSR count). The smallest absolute Gasteiger partial charge is 0.255 e. The topological polar surface area (TPSA) is 186 Å². The van der Waals surface area contributed by atoms with Crippen molar-refractivity contribution in [2.24, 2.45) is 17.6 Å². The van der Waals surface area contributed by atoms with Crippen LogP contribution in [-0.2, 0) is 27.3 Å². The van der Waals surface area contributed by atoms with Gasteiger partial charge in [0, 0.05) is 50.1 Å². The number of benzene rings is 1. The van der Waals surface area contributed by atoms with E-state index in [1.165, 1.54) is 6.92 Å². The minimum absolute atomic E-state index is 0.0536. The number of nitrogens with one attached hydrogen (secondary N) is 1. The minimum atomic E-state index is -1.54. The number of fused-ring (bicyclic) bond motifs is 1. The van der Waals surface area contributed by atoms with Gasteiger partial charge in [-0.1, -0.05) is 6.07 Å². The normalized spacial score (nSPS) is 21.0. The fourth-order valence-corrected chi connectivity index (χ4v) is 5.54. The molecule has 0 fully saturated rings. The number of aliphatic hydroxyl groups is 3. The number of amides is 1. The van der Waals surface area contributed by atoms with Gasteiger partial charge in [0.1, 0.15) is 34.8 Å². The number of aliphatic hydroxyl groups excluding tert-OH is 3. The lowest BCUT2D eigenvalue weighted by Gasteiger charge is -2.35. The highest BCUT2D eigenvalue weighted by Gasteiger charge is 2.42. The maximum atomic E-state index is 12.8. The number of hydrogen-bond donors (Lipinski definition) is 6. The summed E-state index contributed by atoms with van der Waals surface area (Å²) >= 11 is 0. The van der Waals surface area contributed by atoms with Crippen molar-refractivity contribution in [2.45, 2.75) is 38.8 Å². The lowest BCUT2D eigenvalue weighted by Crippen LogP contribution is -2.38. The van der Waals surface area contributed by atoms with E-state index >= 15 is 0 Å². The zero-order valence-electron chi connectivity index (χ0n) is 21.9. The number of phenols is 1. The Bertz CT molecular complexity index is 1400. The van der Waals surface area contributed by atoms with Crippen LogP contribution in [0, 0.1) is 11.8 Å². The van der Waals surface area contributed by atoms with Crippen molar-refractivity contribution in [3.05, 3.63) is 64.1 Å². The van der Waals surface area contributed by atoms with Gasteiger partial charge < -0.3 is 36.4 Å². The lowest BCUT2D eigenvalue weighted by atomic mass is 9.71. The van der Waals surface area contributed by atoms with Gasteiger partial charge >= 0.3 is 0 Å². The molecule has 1 aromatic heterocycles. The fourth-order valence-electron chi connectivity index (χ4n) is 5.54. The molecule has 1 amide bonds. The van der Waals surface area contributed by atoms with Crippen LogP contribution >= 0.6 is 0 Å². The number of aromatic hydroxyl groups is 1. The predicted molar refractivity (Wildman–Crippen MR) is 144 cm³/mol. The number of aromatic nitrogens is 1. The van der Waals surface area contributed by atoms with E-state index < -0.39 is 46.7 Å². The van der Waals surface area contributed by atoms with Gasteiger partial charge in [0.25, 0.3) is 5.91 Å². The maximum absolute atomic E-state index is 12.8. The number of pyridine rings is 1. The number of nitrogens with zero attached hydrogens (tertiary/aromatic N) is 2. The van der Waals surface area contributed by atoms with Crippen molar-refractivity contribution in [1.29, 1.82) is 0 Å². The molecule has 0 bridgehead atoms. The summed E-state index contributed by atoms with van der Waals surface area (Å²) in [6.07, 6.45) is 0.104. The summed E-state index contributed by atoms with van der Waals surface area (Å²) in [7, 11) is 3.63. The van der Waals surface area contributed by atoms with E-state index in [4.69, 9.17) is 5.73 Å². The monoisotopic (exact) mass is 536 g/mol. The molecule has 39 heavy (non-hydrogen) atoms. The Morgan fingerprint density at radius 1 is 1.18 bits per heavy atom. The van der Waals surface area contributed by atoms with Crippen LogP contribution in [0.15, 0.2) is 47.4 Å². The van der Waals surface area contributed by atoms with E-state index in [1.807, 2.05) is 25.1 Å². The minimum Gasteiger partial charge on any atom is -0.509 e. The molecule has 2 aliphatic rings. The number of primary amides is 1. The Kier molecular flexibility index (Phi) is 7.64. The van der Waals surface area contributed by atoms with Crippen LogP contribution in [0.25, 0.3) is 5.76 Å². The molecule has 1 aromatic carbocycles. The number of allylic oxidation sites excluding steroid dienone is 1. The number of rotatable bonds is 8. The van der Waals surface area contributed by atoms with Crippen molar-refractivity contribution in [3.8, 4) is 5.75 Å². The summed E-state index contributed by atoms with van der Waals surface area (Å²) in [5, 5.41) is 46.7.